The molecular formula is C13H26N2S. The molecular weight excluding hydrogens is 216 g/mol. The SMILES string of the molecule is CCC(C#N)(CCCSCCC(C)C)NC. The summed E-state index contributed by atoms with van der Waals surface area (Å²) < 4.78 is 0. The summed E-state index contributed by atoms with van der Waals surface area (Å²) in [5.74, 6) is 3.24. The summed E-state index contributed by atoms with van der Waals surface area (Å²) in [6.07, 6.45) is 4.28. The third-order valence-electron chi connectivity index (χ3n) is 3.03. The highest BCUT2D eigenvalue weighted by Gasteiger charge is 2.24. The second-order valence-corrected chi connectivity index (χ2v) is 5.92. The number of hydrogen-bond acceptors (Lipinski definition) is 3. The predicted octanol–water partition coefficient (Wildman–Crippen LogP) is 3.44. The molecule has 1 atom stereocenters. The van der Waals surface area contributed by atoms with Gasteiger partial charge in [0.05, 0.1) is 6.07 Å². The van der Waals surface area contributed by atoms with E-state index in [1.165, 1.54) is 17.9 Å². The number of nitrogens with zero attached hydrogens (tertiary/aromatic N) is 1. The van der Waals surface area contributed by atoms with Gasteiger partial charge in [-0.2, -0.15) is 17.0 Å². The molecule has 0 radical (unpaired) electrons. The Morgan fingerprint density at radius 1 is 1.38 bits per heavy atom. The van der Waals surface area contributed by atoms with E-state index in [0.29, 0.717) is 0 Å². The number of nitrogens with one attached hydrogen (secondary N) is 1. The Hall–Kier alpha value is -0.200. The van der Waals surface area contributed by atoms with E-state index >= 15 is 0 Å². The third kappa shape index (κ3) is 6.40. The summed E-state index contributed by atoms with van der Waals surface area (Å²) in [6, 6.07) is 2.40. The third-order valence-corrected chi connectivity index (χ3v) is 4.13. The zero-order valence-corrected chi connectivity index (χ0v) is 12.0. The number of nitriles is 1. The van der Waals surface area contributed by atoms with E-state index in [1.807, 2.05) is 18.8 Å². The molecule has 0 heterocycles. The van der Waals surface area contributed by atoms with E-state index in [1.54, 1.807) is 0 Å². The van der Waals surface area contributed by atoms with Crippen molar-refractivity contribution in [3.05, 3.63) is 0 Å². The molecule has 3 heteroatoms. The van der Waals surface area contributed by atoms with E-state index in [4.69, 9.17) is 5.26 Å². The molecule has 0 spiro atoms. The molecule has 0 amide bonds. The van der Waals surface area contributed by atoms with Crippen LogP contribution in [0.1, 0.15) is 46.5 Å². The first-order valence-corrected chi connectivity index (χ1v) is 7.43. The molecule has 0 aromatic carbocycles. The smallest absolute Gasteiger partial charge is 0.106 e. The van der Waals surface area contributed by atoms with Gasteiger partial charge >= 0.3 is 0 Å². The van der Waals surface area contributed by atoms with Crippen molar-refractivity contribution in [2.45, 2.75) is 52.0 Å². The van der Waals surface area contributed by atoms with E-state index in [0.717, 1.165) is 25.2 Å². The summed E-state index contributed by atoms with van der Waals surface area (Å²) in [6.45, 7) is 6.60. The average molecular weight is 242 g/mol. The van der Waals surface area contributed by atoms with Gasteiger partial charge in [0.15, 0.2) is 0 Å². The average Bonchev–Trinajstić information content (AvgIpc) is 2.29. The fraction of sp³-hybridized carbons (Fsp3) is 0.923. The number of thioether (sulfide) groups is 1. The van der Waals surface area contributed by atoms with Gasteiger partial charge in [0, 0.05) is 0 Å². The number of rotatable bonds is 9. The standard InChI is InChI=1S/C13H26N2S/c1-5-13(11-14,15-4)8-6-9-16-10-7-12(2)3/h12,15H,5-10H2,1-4H3. The van der Waals surface area contributed by atoms with E-state index in [-0.39, 0.29) is 5.54 Å². The van der Waals surface area contributed by atoms with Crippen molar-refractivity contribution in [2.75, 3.05) is 18.6 Å². The molecule has 0 aliphatic rings. The molecule has 0 bridgehead atoms. The Balaban J connectivity index is 3.61. The second kappa shape index (κ2) is 8.90. The minimum atomic E-state index is -0.293. The summed E-state index contributed by atoms with van der Waals surface area (Å²) in [4.78, 5) is 0. The first-order chi connectivity index (χ1) is 7.60. The molecule has 1 unspecified atom stereocenters. The van der Waals surface area contributed by atoms with Crippen molar-refractivity contribution < 1.29 is 0 Å². The maximum absolute atomic E-state index is 9.13. The van der Waals surface area contributed by atoms with Crippen LogP contribution in [0.4, 0.5) is 0 Å². The first-order valence-electron chi connectivity index (χ1n) is 6.28. The maximum atomic E-state index is 9.13. The van der Waals surface area contributed by atoms with E-state index in [9.17, 15) is 0 Å². The Labute approximate surface area is 105 Å². The van der Waals surface area contributed by atoms with Crippen molar-refractivity contribution in [3.8, 4) is 6.07 Å². The highest BCUT2D eigenvalue weighted by Crippen LogP contribution is 2.18. The molecule has 0 aromatic heterocycles. The van der Waals surface area contributed by atoms with E-state index in [2.05, 4.69) is 32.2 Å². The molecule has 2 nitrogen and oxygen atoms in total. The quantitative estimate of drug-likeness (QED) is 0.629. The highest BCUT2D eigenvalue weighted by atomic mass is 32.2. The predicted molar refractivity (Wildman–Crippen MR) is 73.7 cm³/mol. The largest absolute Gasteiger partial charge is 0.302 e. The topological polar surface area (TPSA) is 35.8 Å². The second-order valence-electron chi connectivity index (χ2n) is 4.70. The van der Waals surface area contributed by atoms with Gasteiger partial charge in [-0.15, -0.1) is 0 Å². The Bertz CT molecular complexity index is 204. The fourth-order valence-electron chi connectivity index (χ4n) is 1.57. The maximum Gasteiger partial charge on any atom is 0.106 e. The molecule has 0 fully saturated rings. The van der Waals surface area contributed by atoms with Crippen LogP contribution in [0.25, 0.3) is 0 Å². The molecule has 0 aliphatic heterocycles. The summed E-state index contributed by atoms with van der Waals surface area (Å²) in [7, 11) is 1.89. The van der Waals surface area contributed by atoms with Gasteiger partial charge in [0.1, 0.15) is 5.54 Å². The molecule has 0 saturated heterocycles. The monoisotopic (exact) mass is 242 g/mol. The normalized spacial score (nSPS) is 14.8. The fourth-order valence-corrected chi connectivity index (χ4v) is 2.76. The van der Waals surface area contributed by atoms with Crippen molar-refractivity contribution >= 4 is 11.8 Å². The van der Waals surface area contributed by atoms with E-state index < -0.39 is 0 Å². The van der Waals surface area contributed by atoms with Crippen LogP contribution in [0.5, 0.6) is 0 Å². The summed E-state index contributed by atoms with van der Waals surface area (Å²) in [5.41, 5.74) is -0.293. The van der Waals surface area contributed by atoms with Crippen LogP contribution in [-0.2, 0) is 0 Å². The first kappa shape index (κ1) is 15.8. The zero-order valence-electron chi connectivity index (χ0n) is 11.2. The van der Waals surface area contributed by atoms with Crippen molar-refractivity contribution in [3.63, 3.8) is 0 Å². The summed E-state index contributed by atoms with van der Waals surface area (Å²) >= 11 is 2.02. The van der Waals surface area contributed by atoms with Crippen LogP contribution in [0.15, 0.2) is 0 Å². The molecule has 1 N–H and O–H groups in total. The van der Waals surface area contributed by atoms with Crippen LogP contribution in [0.3, 0.4) is 0 Å². The number of hydrogen-bond donors (Lipinski definition) is 1. The lowest BCUT2D eigenvalue weighted by Crippen LogP contribution is -2.40. The molecule has 0 rings (SSSR count). The van der Waals surface area contributed by atoms with Crippen molar-refractivity contribution in [2.24, 2.45) is 5.92 Å². The van der Waals surface area contributed by atoms with Crippen LogP contribution >= 0.6 is 11.8 Å². The van der Waals surface area contributed by atoms with Gasteiger partial charge in [0.2, 0.25) is 0 Å². The lowest BCUT2D eigenvalue weighted by molar-refractivity contribution is 0.400. The lowest BCUT2D eigenvalue weighted by atomic mass is 9.93. The van der Waals surface area contributed by atoms with Gasteiger partial charge in [-0.25, -0.2) is 0 Å². The van der Waals surface area contributed by atoms with Gasteiger partial charge in [-0.1, -0.05) is 20.8 Å². The van der Waals surface area contributed by atoms with Crippen LogP contribution < -0.4 is 5.32 Å². The molecule has 0 aromatic rings. The molecule has 0 aliphatic carbocycles. The van der Waals surface area contributed by atoms with Gasteiger partial charge in [-0.3, -0.25) is 0 Å². The minimum Gasteiger partial charge on any atom is -0.302 e. The zero-order chi connectivity index (χ0) is 12.4. The van der Waals surface area contributed by atoms with Crippen LogP contribution in [-0.4, -0.2) is 24.1 Å². The van der Waals surface area contributed by atoms with Crippen molar-refractivity contribution in [1.82, 2.24) is 5.32 Å². The molecule has 0 saturated carbocycles. The Kier molecular flexibility index (Phi) is 8.78. The van der Waals surface area contributed by atoms with Gasteiger partial charge in [-0.05, 0) is 50.2 Å². The highest BCUT2D eigenvalue weighted by molar-refractivity contribution is 7.99. The van der Waals surface area contributed by atoms with Gasteiger partial charge in [0.25, 0.3) is 0 Å². The van der Waals surface area contributed by atoms with Crippen molar-refractivity contribution in [1.29, 1.82) is 5.26 Å². The molecule has 16 heavy (non-hydrogen) atoms. The van der Waals surface area contributed by atoms with Crippen LogP contribution in [0, 0.1) is 17.2 Å². The summed E-state index contributed by atoms with van der Waals surface area (Å²) in [5, 5.41) is 12.3. The lowest BCUT2D eigenvalue weighted by Gasteiger charge is -2.24. The Morgan fingerprint density at radius 3 is 2.50 bits per heavy atom. The minimum absolute atomic E-state index is 0.293. The Morgan fingerprint density at radius 2 is 2.06 bits per heavy atom. The molecule has 94 valence electrons. The van der Waals surface area contributed by atoms with Gasteiger partial charge < -0.3 is 5.32 Å². The van der Waals surface area contributed by atoms with Crippen LogP contribution in [0.2, 0.25) is 0 Å².